The van der Waals surface area contributed by atoms with Gasteiger partial charge in [-0.05, 0) is 54.4 Å². The number of anilines is 1. The average Bonchev–Trinajstić information content (AvgIpc) is 2.61. The topological polar surface area (TPSA) is 58.4 Å². The lowest BCUT2D eigenvalue weighted by Crippen LogP contribution is -2.35. The van der Waals surface area contributed by atoms with Gasteiger partial charge in [-0.2, -0.15) is 0 Å². The number of carbonyl (C=O) groups is 1. The lowest BCUT2D eigenvalue weighted by Gasteiger charge is -2.33. The minimum atomic E-state index is -0.502. The Labute approximate surface area is 164 Å². The molecule has 2 aromatic carbocycles. The molecule has 1 aliphatic heterocycles. The number of hydrogen-bond donors (Lipinski definition) is 2. The van der Waals surface area contributed by atoms with Crippen LogP contribution in [0.2, 0.25) is 10.0 Å². The smallest absolute Gasteiger partial charge is 0.241 e. The summed E-state index contributed by atoms with van der Waals surface area (Å²) < 4.78 is 0. The van der Waals surface area contributed by atoms with Gasteiger partial charge in [0.1, 0.15) is 0 Å². The first-order chi connectivity index (χ1) is 12.4. The summed E-state index contributed by atoms with van der Waals surface area (Å²) in [5, 5.41) is 4.24. The van der Waals surface area contributed by atoms with Crippen LogP contribution in [0.5, 0.6) is 0 Å². The van der Waals surface area contributed by atoms with Crippen LogP contribution in [-0.4, -0.2) is 30.4 Å². The molecule has 1 heterocycles. The van der Waals surface area contributed by atoms with E-state index in [1.165, 1.54) is 0 Å². The van der Waals surface area contributed by atoms with E-state index in [-0.39, 0.29) is 11.8 Å². The van der Waals surface area contributed by atoms with Crippen molar-refractivity contribution < 1.29 is 4.79 Å². The van der Waals surface area contributed by atoms with Crippen molar-refractivity contribution in [2.45, 2.75) is 31.8 Å². The normalized spacial score (nSPS) is 18.3. The van der Waals surface area contributed by atoms with Gasteiger partial charge in [0, 0.05) is 34.7 Å². The van der Waals surface area contributed by atoms with Crippen molar-refractivity contribution in [1.29, 1.82) is 0 Å². The predicted octanol–water partition coefficient (Wildman–Crippen LogP) is 4.25. The summed E-state index contributed by atoms with van der Waals surface area (Å²) in [5.74, 6) is -0.0337. The van der Waals surface area contributed by atoms with Gasteiger partial charge >= 0.3 is 0 Å². The fraction of sp³-hybridized carbons (Fsp3) is 0.350. The van der Waals surface area contributed by atoms with Gasteiger partial charge in [-0.1, -0.05) is 42.3 Å². The summed E-state index contributed by atoms with van der Waals surface area (Å²) in [7, 11) is 2.08. The molecule has 0 aliphatic carbocycles. The van der Waals surface area contributed by atoms with Gasteiger partial charge in [0.05, 0.1) is 6.04 Å². The zero-order valence-electron chi connectivity index (χ0n) is 14.9. The Balaban J connectivity index is 1.95. The highest BCUT2D eigenvalue weighted by Gasteiger charge is 2.27. The molecular formula is C20H23Cl2N3O. The number of likely N-dealkylation sites (N-methyl/N-ethyl adjacent to an activating group) is 1. The number of halogens is 2. The third-order valence-corrected chi connectivity index (χ3v) is 5.38. The molecular weight excluding hydrogens is 369 g/mol. The Morgan fingerprint density at radius 1 is 1.35 bits per heavy atom. The highest BCUT2D eigenvalue weighted by molar-refractivity contribution is 6.35. The van der Waals surface area contributed by atoms with Crippen molar-refractivity contribution in [2.24, 2.45) is 5.73 Å². The molecule has 3 rings (SSSR count). The predicted molar refractivity (Wildman–Crippen MR) is 108 cm³/mol. The zero-order valence-corrected chi connectivity index (χ0v) is 16.4. The standard InChI is InChI=1S/C20H23Cl2N3O/c1-3-19(23)20(26)24-14-6-4-5-12(7-14)16-10-25(2)11-17-15(16)8-13(21)9-18(17)22/h4-9,16,19H,3,10-11,23H2,1-2H3,(H,24,26). The number of benzene rings is 2. The van der Waals surface area contributed by atoms with Crippen LogP contribution < -0.4 is 11.1 Å². The lowest BCUT2D eigenvalue weighted by atomic mass is 9.84. The van der Waals surface area contributed by atoms with Crippen molar-refractivity contribution >= 4 is 34.8 Å². The lowest BCUT2D eigenvalue weighted by molar-refractivity contribution is -0.117. The van der Waals surface area contributed by atoms with Crippen molar-refractivity contribution in [3.8, 4) is 0 Å². The first-order valence-corrected chi connectivity index (χ1v) is 9.47. The van der Waals surface area contributed by atoms with E-state index < -0.39 is 6.04 Å². The minimum Gasteiger partial charge on any atom is -0.325 e. The van der Waals surface area contributed by atoms with Gasteiger partial charge in [0.2, 0.25) is 5.91 Å². The van der Waals surface area contributed by atoms with Crippen molar-refractivity contribution in [2.75, 3.05) is 18.9 Å². The number of nitrogens with two attached hydrogens (primary N) is 1. The molecule has 6 heteroatoms. The minimum absolute atomic E-state index is 0.136. The van der Waals surface area contributed by atoms with E-state index in [1.807, 2.05) is 31.2 Å². The molecule has 2 unspecified atom stereocenters. The largest absolute Gasteiger partial charge is 0.325 e. The Morgan fingerprint density at radius 2 is 2.12 bits per heavy atom. The van der Waals surface area contributed by atoms with Crippen LogP contribution in [0.4, 0.5) is 5.69 Å². The molecule has 138 valence electrons. The summed E-state index contributed by atoms with van der Waals surface area (Å²) in [6, 6.07) is 11.2. The summed E-state index contributed by atoms with van der Waals surface area (Å²) in [4.78, 5) is 14.3. The molecule has 2 atom stereocenters. The quantitative estimate of drug-likeness (QED) is 0.818. The number of nitrogens with one attached hydrogen (secondary N) is 1. The van der Waals surface area contributed by atoms with Crippen LogP contribution in [0.3, 0.4) is 0 Å². The Morgan fingerprint density at radius 3 is 2.85 bits per heavy atom. The van der Waals surface area contributed by atoms with Gasteiger partial charge < -0.3 is 16.0 Å². The maximum absolute atomic E-state index is 12.1. The summed E-state index contributed by atoms with van der Waals surface area (Å²) in [5.41, 5.74) is 9.93. The van der Waals surface area contributed by atoms with E-state index in [1.54, 1.807) is 6.07 Å². The second-order valence-electron chi connectivity index (χ2n) is 6.83. The molecule has 0 bridgehead atoms. The molecule has 4 nitrogen and oxygen atoms in total. The SMILES string of the molecule is CCC(N)C(=O)Nc1cccc(C2CN(C)Cc3c(Cl)cc(Cl)cc32)c1. The highest BCUT2D eigenvalue weighted by Crippen LogP contribution is 2.38. The van der Waals surface area contributed by atoms with E-state index in [2.05, 4.69) is 23.3 Å². The summed E-state index contributed by atoms with van der Waals surface area (Å²) in [6.45, 7) is 3.54. The summed E-state index contributed by atoms with van der Waals surface area (Å²) in [6.07, 6.45) is 0.601. The van der Waals surface area contributed by atoms with Crippen LogP contribution in [0, 0.1) is 0 Å². The first-order valence-electron chi connectivity index (χ1n) is 8.71. The van der Waals surface area contributed by atoms with E-state index >= 15 is 0 Å². The zero-order chi connectivity index (χ0) is 18.8. The molecule has 0 aromatic heterocycles. The van der Waals surface area contributed by atoms with Crippen LogP contribution in [-0.2, 0) is 11.3 Å². The summed E-state index contributed by atoms with van der Waals surface area (Å²) >= 11 is 12.7. The van der Waals surface area contributed by atoms with Crippen molar-refractivity contribution in [3.05, 3.63) is 63.1 Å². The van der Waals surface area contributed by atoms with Gasteiger partial charge in [-0.15, -0.1) is 0 Å². The van der Waals surface area contributed by atoms with Crippen molar-refractivity contribution in [1.82, 2.24) is 4.90 Å². The van der Waals surface area contributed by atoms with Crippen LogP contribution in [0.1, 0.15) is 36.0 Å². The number of nitrogens with zero attached hydrogens (tertiary/aromatic N) is 1. The number of amides is 1. The fourth-order valence-electron chi connectivity index (χ4n) is 3.38. The number of carbonyl (C=O) groups excluding carboxylic acids is 1. The molecule has 1 aliphatic rings. The van der Waals surface area contributed by atoms with Crippen LogP contribution in [0.25, 0.3) is 0 Å². The van der Waals surface area contributed by atoms with Gasteiger partial charge in [-0.3, -0.25) is 4.79 Å². The van der Waals surface area contributed by atoms with Gasteiger partial charge in [0.25, 0.3) is 0 Å². The number of hydrogen-bond acceptors (Lipinski definition) is 3. The average molecular weight is 392 g/mol. The van der Waals surface area contributed by atoms with E-state index in [0.29, 0.717) is 16.5 Å². The first kappa shape index (κ1) is 19.2. The van der Waals surface area contributed by atoms with Gasteiger partial charge in [-0.25, -0.2) is 0 Å². The third kappa shape index (κ3) is 4.04. The van der Waals surface area contributed by atoms with Gasteiger partial charge in [0.15, 0.2) is 0 Å². The van der Waals surface area contributed by atoms with E-state index in [4.69, 9.17) is 28.9 Å². The van der Waals surface area contributed by atoms with Crippen LogP contribution in [0.15, 0.2) is 36.4 Å². The molecule has 0 saturated carbocycles. The fourth-order valence-corrected chi connectivity index (χ4v) is 3.95. The Hall–Kier alpha value is -1.59. The molecule has 26 heavy (non-hydrogen) atoms. The Kier molecular flexibility index (Phi) is 5.88. The van der Waals surface area contributed by atoms with Crippen molar-refractivity contribution in [3.63, 3.8) is 0 Å². The molecule has 1 amide bonds. The molecule has 0 fully saturated rings. The van der Waals surface area contributed by atoms with E-state index in [9.17, 15) is 4.79 Å². The second-order valence-corrected chi connectivity index (χ2v) is 7.68. The number of fused-ring (bicyclic) bond motifs is 1. The maximum Gasteiger partial charge on any atom is 0.241 e. The molecule has 0 saturated heterocycles. The second kappa shape index (κ2) is 7.97. The molecule has 3 N–H and O–H groups in total. The third-order valence-electron chi connectivity index (χ3n) is 4.83. The molecule has 0 spiro atoms. The molecule has 2 aromatic rings. The molecule has 0 radical (unpaired) electrons. The van der Waals surface area contributed by atoms with E-state index in [0.717, 1.165) is 35.5 Å². The highest BCUT2D eigenvalue weighted by atomic mass is 35.5. The van der Waals surface area contributed by atoms with Crippen LogP contribution >= 0.6 is 23.2 Å². The maximum atomic E-state index is 12.1. The monoisotopic (exact) mass is 391 g/mol. The number of rotatable bonds is 4. The Bertz CT molecular complexity index is 825.